The van der Waals surface area contributed by atoms with Gasteiger partial charge in [-0.3, -0.25) is 4.79 Å². The molecule has 0 amide bonds. The van der Waals surface area contributed by atoms with Gasteiger partial charge >= 0.3 is 5.97 Å². The van der Waals surface area contributed by atoms with Gasteiger partial charge in [0, 0.05) is 21.2 Å². The summed E-state index contributed by atoms with van der Waals surface area (Å²) in [5.74, 6) is 0.457. The number of carbonyl (C=O) groups excluding carboxylic acids is 1. The van der Waals surface area contributed by atoms with Crippen LogP contribution >= 0.6 is 0 Å². The molecule has 0 aliphatic heterocycles. The fourth-order valence-corrected chi connectivity index (χ4v) is 3.37. The van der Waals surface area contributed by atoms with E-state index in [-0.39, 0.29) is 26.4 Å². The van der Waals surface area contributed by atoms with Gasteiger partial charge in [0.1, 0.15) is 6.10 Å². The van der Waals surface area contributed by atoms with Gasteiger partial charge in [0.05, 0.1) is 0 Å². The zero-order chi connectivity index (χ0) is 10.9. The van der Waals surface area contributed by atoms with E-state index in [1.54, 1.807) is 0 Å². The molecule has 2 saturated carbocycles. The SMILES string of the molecule is CC(=O)O[C@@H]1CCC[C@@]2(C)CC[CH-]C[C@H]12.[Am]. The van der Waals surface area contributed by atoms with Crippen molar-refractivity contribution >= 4 is 5.97 Å². The predicted molar refractivity (Wildman–Crippen MR) is 59.2 cm³/mol. The first-order chi connectivity index (χ1) is 7.12. The fraction of sp³-hybridized carbons (Fsp3) is 0.846. The summed E-state index contributed by atoms with van der Waals surface area (Å²) in [6.45, 7) is 3.90. The summed E-state index contributed by atoms with van der Waals surface area (Å²) in [4.78, 5) is 11.1. The zero-order valence-electron chi connectivity index (χ0n) is 10.2. The van der Waals surface area contributed by atoms with Crippen LogP contribution in [0.1, 0.15) is 52.4 Å². The monoisotopic (exact) mass is 450 g/mol. The second kappa shape index (κ2) is 5.46. The topological polar surface area (TPSA) is 26.3 Å². The molecule has 1 radical (unpaired) electrons. The molecule has 3 heteroatoms. The third kappa shape index (κ3) is 2.75. The molecule has 2 rings (SSSR count). The standard InChI is InChI=1S/C13H21O2.Am/c1-10(14)15-12-7-5-9-13(2)8-4-3-6-11(12)13;/h3,11-12H,4-9H2,1-2H3;/q-1;/t11-,12-,13-;/m1./s1. The molecule has 2 fully saturated rings. The average Bonchev–Trinajstić information content (AvgIpc) is 2.16. The van der Waals surface area contributed by atoms with E-state index in [9.17, 15) is 4.79 Å². The van der Waals surface area contributed by atoms with Crippen molar-refractivity contribution in [3.05, 3.63) is 6.42 Å². The van der Waals surface area contributed by atoms with E-state index in [0.29, 0.717) is 11.3 Å². The van der Waals surface area contributed by atoms with Gasteiger partial charge in [-0.2, -0.15) is 12.8 Å². The number of hydrogen-bond acceptors (Lipinski definition) is 2. The van der Waals surface area contributed by atoms with Crippen LogP contribution in [0, 0.1) is 32.0 Å². The van der Waals surface area contributed by atoms with Gasteiger partial charge in [-0.25, -0.2) is 0 Å². The van der Waals surface area contributed by atoms with E-state index in [4.69, 9.17) is 4.74 Å². The van der Waals surface area contributed by atoms with Crippen molar-refractivity contribution in [3.8, 4) is 0 Å². The minimum atomic E-state index is -0.116. The van der Waals surface area contributed by atoms with E-state index < -0.39 is 0 Å². The largest absolute Gasteiger partial charge is 0.462 e. The smallest absolute Gasteiger partial charge is 0.302 e. The summed E-state index contributed by atoms with van der Waals surface area (Å²) >= 11 is 0. The first kappa shape index (κ1) is 13.9. The Bertz CT molecular complexity index is 250. The van der Waals surface area contributed by atoms with Gasteiger partial charge in [-0.1, -0.05) is 13.3 Å². The second-order valence-electron chi connectivity index (χ2n) is 5.36. The number of hydrogen-bond donors (Lipinski definition) is 0. The van der Waals surface area contributed by atoms with Gasteiger partial charge in [0.15, 0.2) is 0 Å². The average molecular weight is 452 g/mol. The van der Waals surface area contributed by atoms with Crippen LogP contribution < -0.4 is 0 Å². The summed E-state index contributed by atoms with van der Waals surface area (Å²) < 4.78 is 5.47. The molecule has 2 aliphatic carbocycles. The Hall–Kier alpha value is -0.140. The van der Waals surface area contributed by atoms with Crippen LogP contribution in [0.25, 0.3) is 0 Å². The van der Waals surface area contributed by atoms with Crippen molar-refractivity contribution < 1.29 is 23.8 Å². The Morgan fingerprint density at radius 2 is 2.19 bits per heavy atom. The molecule has 0 N–H and O–H groups in total. The van der Waals surface area contributed by atoms with Crippen LogP contribution in [0.2, 0.25) is 0 Å². The maximum Gasteiger partial charge on any atom is 0.302 e. The summed E-state index contributed by atoms with van der Waals surface area (Å²) in [5.41, 5.74) is 0.424. The minimum Gasteiger partial charge on any atom is -0.462 e. The molecule has 0 aromatic carbocycles. The summed E-state index contributed by atoms with van der Waals surface area (Å²) in [6.07, 6.45) is 9.78. The van der Waals surface area contributed by atoms with Crippen molar-refractivity contribution in [1.29, 1.82) is 0 Å². The minimum absolute atomic E-state index is 0. The first-order valence-corrected chi connectivity index (χ1v) is 6.11. The molecule has 0 saturated heterocycles. The van der Waals surface area contributed by atoms with Crippen LogP contribution in [0.4, 0.5) is 0 Å². The Morgan fingerprint density at radius 3 is 2.88 bits per heavy atom. The zero-order valence-corrected chi connectivity index (χ0v) is 13.3. The maximum absolute atomic E-state index is 11.1. The van der Waals surface area contributed by atoms with Crippen molar-refractivity contribution in [3.63, 3.8) is 0 Å². The first-order valence-electron chi connectivity index (χ1n) is 6.11. The summed E-state index contributed by atoms with van der Waals surface area (Å²) in [5, 5.41) is 0. The molecule has 0 bridgehead atoms. The number of fused-ring (bicyclic) bond motifs is 1. The number of esters is 1. The van der Waals surface area contributed by atoms with Crippen molar-refractivity contribution in [2.45, 2.75) is 58.5 Å². The van der Waals surface area contributed by atoms with Crippen molar-refractivity contribution in [2.24, 2.45) is 11.3 Å². The van der Waals surface area contributed by atoms with Gasteiger partial charge in [0.2, 0.25) is 0 Å². The van der Waals surface area contributed by atoms with Crippen LogP contribution in [-0.4, -0.2) is 12.1 Å². The molecular weight excluding hydrogens is 431 g/mol. The molecule has 0 spiro atoms. The molecule has 2 aliphatic rings. The number of carbonyl (C=O) groups is 1. The van der Waals surface area contributed by atoms with E-state index in [2.05, 4.69) is 13.3 Å². The fourth-order valence-electron chi connectivity index (χ4n) is 3.37. The van der Waals surface area contributed by atoms with Crippen LogP contribution in [0.3, 0.4) is 0 Å². The van der Waals surface area contributed by atoms with Gasteiger partial charge in [-0.05, 0) is 30.6 Å². The maximum atomic E-state index is 11.1. The Morgan fingerprint density at radius 1 is 1.44 bits per heavy atom. The van der Waals surface area contributed by atoms with Crippen LogP contribution in [-0.2, 0) is 9.53 Å². The van der Waals surface area contributed by atoms with Crippen LogP contribution in [0.5, 0.6) is 0 Å². The summed E-state index contributed by atoms with van der Waals surface area (Å²) in [6, 6.07) is 0. The van der Waals surface area contributed by atoms with E-state index in [1.165, 1.54) is 32.6 Å². The van der Waals surface area contributed by atoms with Crippen LogP contribution in [0.15, 0.2) is 0 Å². The molecular formula is C13H21AmO2-. The van der Waals surface area contributed by atoms with Gasteiger partial charge < -0.3 is 11.2 Å². The summed E-state index contributed by atoms with van der Waals surface area (Å²) in [7, 11) is 0. The van der Waals surface area contributed by atoms with Crippen molar-refractivity contribution in [2.75, 3.05) is 0 Å². The van der Waals surface area contributed by atoms with Crippen molar-refractivity contribution in [1.82, 2.24) is 0 Å². The third-order valence-corrected chi connectivity index (χ3v) is 4.24. The Balaban J connectivity index is 0.00000128. The second-order valence-corrected chi connectivity index (χ2v) is 5.36. The van der Waals surface area contributed by atoms with E-state index in [1.807, 2.05) is 0 Å². The molecule has 93 valence electrons. The molecule has 0 heterocycles. The molecule has 0 aromatic heterocycles. The van der Waals surface area contributed by atoms with E-state index in [0.717, 1.165) is 12.8 Å². The molecule has 0 unspecified atom stereocenters. The molecule has 0 aromatic rings. The normalized spacial score (nSPS) is 38.1. The quantitative estimate of drug-likeness (QED) is 0.452. The number of ether oxygens (including phenoxy) is 1. The molecule has 16 heavy (non-hydrogen) atoms. The van der Waals surface area contributed by atoms with Gasteiger partial charge in [0.25, 0.3) is 0 Å². The Labute approximate surface area is 106 Å². The van der Waals surface area contributed by atoms with E-state index >= 15 is 0 Å². The Kier molecular flexibility index (Phi) is 4.75. The van der Waals surface area contributed by atoms with Gasteiger partial charge in [-0.15, -0.1) is 0 Å². The predicted octanol–water partition coefficient (Wildman–Crippen LogP) is 3.11. The molecule has 2 nitrogen and oxygen atoms in total. The molecule has 3 atom stereocenters. The third-order valence-electron chi connectivity index (χ3n) is 4.24. The number of rotatable bonds is 1.